The van der Waals surface area contributed by atoms with Crippen molar-refractivity contribution in [3.05, 3.63) is 24.4 Å². The maximum atomic E-state index is 12.3. The Labute approximate surface area is 48.0 Å². The maximum Gasteiger partial charge on any atom is 0.0763 e. The Balaban J connectivity index is 2.59. The highest BCUT2D eigenvalue weighted by Crippen LogP contribution is 2.06. The molecule has 0 aliphatic carbocycles. The van der Waals surface area contributed by atoms with Crippen molar-refractivity contribution in [1.29, 1.82) is 0 Å². The van der Waals surface area contributed by atoms with Crippen LogP contribution in [0, 0.1) is 0 Å². The number of hydrogen-bond acceptors (Lipinski definition) is 1. The summed E-state index contributed by atoms with van der Waals surface area (Å²) in [5.41, 5.74) is 0. The summed E-state index contributed by atoms with van der Waals surface area (Å²) in [6.45, 7) is 1.79. The van der Waals surface area contributed by atoms with Crippen LogP contribution in [0.4, 0.5) is 4.48 Å². The van der Waals surface area contributed by atoms with Gasteiger partial charge < -0.3 is 0 Å². The minimum atomic E-state index is -0.0972. The molecule has 0 radical (unpaired) electrons. The summed E-state index contributed by atoms with van der Waals surface area (Å²) in [6, 6.07) is -0.0972. The van der Waals surface area contributed by atoms with Crippen LogP contribution in [0.15, 0.2) is 24.4 Å². The third-order valence-electron chi connectivity index (χ3n) is 1.12. The van der Waals surface area contributed by atoms with E-state index in [1.54, 1.807) is 19.1 Å². The van der Waals surface area contributed by atoms with Gasteiger partial charge in [0.25, 0.3) is 0 Å². The summed E-state index contributed by atoms with van der Waals surface area (Å²) in [7, 11) is 0. The third-order valence-corrected chi connectivity index (χ3v) is 1.12. The van der Waals surface area contributed by atoms with Crippen LogP contribution in [0.1, 0.15) is 6.92 Å². The lowest BCUT2D eigenvalue weighted by Crippen LogP contribution is -2.18. The third kappa shape index (κ3) is 0.886. The summed E-state index contributed by atoms with van der Waals surface area (Å²) in [5.74, 6) is 0. The molecule has 1 heterocycles. The highest BCUT2D eigenvalue weighted by molar-refractivity contribution is 5.10. The van der Waals surface area contributed by atoms with E-state index in [2.05, 4.69) is 0 Å². The van der Waals surface area contributed by atoms with Crippen LogP contribution in [-0.4, -0.2) is 11.2 Å². The molecule has 0 aromatic carbocycles. The first-order valence-electron chi connectivity index (χ1n) is 2.60. The number of nitrogens with zero attached hydrogens (tertiary/aromatic N) is 1. The molecular weight excluding hydrogens is 105 g/mol. The zero-order valence-electron chi connectivity index (χ0n) is 4.71. The quantitative estimate of drug-likeness (QED) is 0.432. The Bertz CT molecular complexity index is 112. The Hall–Kier alpha value is -0.790. The standard InChI is InChI=1S/C6H8FN/c1-6-4-2-3-5-8(6)7/h2-6H,1H3. The van der Waals surface area contributed by atoms with Gasteiger partial charge in [0.1, 0.15) is 0 Å². The predicted octanol–water partition coefficient (Wildman–Crippen LogP) is 1.64. The van der Waals surface area contributed by atoms with E-state index in [4.69, 9.17) is 0 Å². The molecule has 1 nitrogen and oxygen atoms in total. The van der Waals surface area contributed by atoms with Gasteiger partial charge in [0.05, 0.1) is 6.04 Å². The van der Waals surface area contributed by atoms with Crippen LogP contribution in [0.5, 0.6) is 0 Å². The Kier molecular flexibility index (Phi) is 1.33. The van der Waals surface area contributed by atoms with Gasteiger partial charge in [-0.25, -0.2) is 5.12 Å². The smallest absolute Gasteiger partial charge is 0.0763 e. The number of hydrogen-bond donors (Lipinski definition) is 0. The van der Waals surface area contributed by atoms with Crippen molar-refractivity contribution in [3.8, 4) is 0 Å². The van der Waals surface area contributed by atoms with E-state index in [1.165, 1.54) is 6.20 Å². The molecule has 1 atom stereocenters. The van der Waals surface area contributed by atoms with Crippen molar-refractivity contribution in [2.24, 2.45) is 0 Å². The number of halogens is 1. The van der Waals surface area contributed by atoms with Crippen molar-refractivity contribution in [2.45, 2.75) is 13.0 Å². The monoisotopic (exact) mass is 113 g/mol. The zero-order chi connectivity index (χ0) is 5.98. The molecule has 0 aromatic rings. The second-order valence-corrected chi connectivity index (χ2v) is 1.81. The van der Waals surface area contributed by atoms with Crippen LogP contribution in [0.2, 0.25) is 0 Å². The first-order valence-corrected chi connectivity index (χ1v) is 2.60. The molecule has 0 amide bonds. The molecule has 0 saturated carbocycles. The van der Waals surface area contributed by atoms with Gasteiger partial charge in [-0.05, 0) is 13.0 Å². The van der Waals surface area contributed by atoms with Gasteiger partial charge in [-0.15, -0.1) is 0 Å². The molecule has 0 aromatic heterocycles. The van der Waals surface area contributed by atoms with E-state index in [9.17, 15) is 4.48 Å². The Morgan fingerprint density at radius 2 is 2.25 bits per heavy atom. The maximum absolute atomic E-state index is 12.3. The fourth-order valence-electron chi connectivity index (χ4n) is 0.575. The molecular formula is C6H8FN. The topological polar surface area (TPSA) is 3.24 Å². The molecule has 0 bridgehead atoms. The summed E-state index contributed by atoms with van der Waals surface area (Å²) in [5, 5.41) is 0.667. The van der Waals surface area contributed by atoms with Gasteiger partial charge in [0, 0.05) is 6.20 Å². The molecule has 0 spiro atoms. The molecule has 0 N–H and O–H groups in total. The van der Waals surface area contributed by atoms with Crippen LogP contribution >= 0.6 is 0 Å². The summed E-state index contributed by atoms with van der Waals surface area (Å²) < 4.78 is 12.3. The van der Waals surface area contributed by atoms with Gasteiger partial charge >= 0.3 is 0 Å². The number of allylic oxidation sites excluding steroid dienone is 2. The first-order chi connectivity index (χ1) is 3.80. The highest BCUT2D eigenvalue weighted by Gasteiger charge is 2.04. The summed E-state index contributed by atoms with van der Waals surface area (Å²) in [4.78, 5) is 0. The van der Waals surface area contributed by atoms with Crippen molar-refractivity contribution in [3.63, 3.8) is 0 Å². The molecule has 1 aliphatic heterocycles. The van der Waals surface area contributed by atoms with Gasteiger partial charge in [-0.3, -0.25) is 0 Å². The average molecular weight is 113 g/mol. The lowest BCUT2D eigenvalue weighted by Gasteiger charge is -2.15. The lowest BCUT2D eigenvalue weighted by atomic mass is 10.2. The minimum Gasteiger partial charge on any atom is -0.212 e. The SMILES string of the molecule is CC1C=CC=CN1F. The van der Waals surface area contributed by atoms with E-state index in [0.29, 0.717) is 5.12 Å². The summed E-state index contributed by atoms with van der Waals surface area (Å²) >= 11 is 0. The molecule has 44 valence electrons. The highest BCUT2D eigenvalue weighted by atomic mass is 19.2. The van der Waals surface area contributed by atoms with Gasteiger partial charge in [-0.1, -0.05) is 16.6 Å². The van der Waals surface area contributed by atoms with E-state index in [1.807, 2.05) is 6.08 Å². The molecule has 2 heteroatoms. The van der Waals surface area contributed by atoms with Gasteiger partial charge in [0.15, 0.2) is 0 Å². The van der Waals surface area contributed by atoms with Crippen molar-refractivity contribution < 1.29 is 4.48 Å². The fourth-order valence-corrected chi connectivity index (χ4v) is 0.575. The van der Waals surface area contributed by atoms with Gasteiger partial charge in [-0.2, -0.15) is 0 Å². The molecule has 0 saturated heterocycles. The Morgan fingerprint density at radius 3 is 2.62 bits per heavy atom. The van der Waals surface area contributed by atoms with Crippen molar-refractivity contribution >= 4 is 0 Å². The average Bonchev–Trinajstić information content (AvgIpc) is 1.77. The second kappa shape index (κ2) is 1.99. The molecule has 8 heavy (non-hydrogen) atoms. The summed E-state index contributed by atoms with van der Waals surface area (Å²) in [6.07, 6.45) is 6.70. The molecule has 1 rings (SSSR count). The minimum absolute atomic E-state index is 0.0972. The molecule has 0 fully saturated rings. The fraction of sp³-hybridized carbons (Fsp3) is 0.333. The largest absolute Gasteiger partial charge is 0.212 e. The van der Waals surface area contributed by atoms with E-state index < -0.39 is 0 Å². The molecule has 1 aliphatic rings. The van der Waals surface area contributed by atoms with Crippen LogP contribution in [0.3, 0.4) is 0 Å². The Morgan fingerprint density at radius 1 is 1.50 bits per heavy atom. The normalized spacial score (nSPS) is 26.8. The zero-order valence-corrected chi connectivity index (χ0v) is 4.71. The molecule has 1 unspecified atom stereocenters. The van der Waals surface area contributed by atoms with Crippen molar-refractivity contribution in [1.82, 2.24) is 5.12 Å². The van der Waals surface area contributed by atoms with Gasteiger partial charge in [0.2, 0.25) is 0 Å². The number of rotatable bonds is 0. The lowest BCUT2D eigenvalue weighted by molar-refractivity contribution is 0.0634. The van der Waals surface area contributed by atoms with Crippen LogP contribution in [-0.2, 0) is 0 Å². The second-order valence-electron chi connectivity index (χ2n) is 1.81. The van der Waals surface area contributed by atoms with E-state index >= 15 is 0 Å². The van der Waals surface area contributed by atoms with Crippen LogP contribution in [0.25, 0.3) is 0 Å². The van der Waals surface area contributed by atoms with Crippen LogP contribution < -0.4 is 0 Å². The first kappa shape index (κ1) is 5.35. The van der Waals surface area contributed by atoms with E-state index in [-0.39, 0.29) is 6.04 Å². The van der Waals surface area contributed by atoms with Crippen molar-refractivity contribution in [2.75, 3.05) is 0 Å². The van der Waals surface area contributed by atoms with E-state index in [0.717, 1.165) is 0 Å². The predicted molar refractivity (Wildman–Crippen MR) is 30.7 cm³/mol.